The fourth-order valence-corrected chi connectivity index (χ4v) is 5.00. The summed E-state index contributed by atoms with van der Waals surface area (Å²) in [5, 5.41) is 2.83. The van der Waals surface area contributed by atoms with Crippen LogP contribution in [0.4, 0.5) is 0 Å². The van der Waals surface area contributed by atoms with Gasteiger partial charge in [-0.25, -0.2) is 8.42 Å². The van der Waals surface area contributed by atoms with Crippen LogP contribution in [-0.2, 0) is 10.0 Å². The molecule has 1 aromatic rings. The van der Waals surface area contributed by atoms with E-state index in [1.54, 1.807) is 19.2 Å². The van der Waals surface area contributed by atoms with Crippen LogP contribution in [-0.4, -0.2) is 44.3 Å². The highest BCUT2D eigenvalue weighted by molar-refractivity contribution is 7.89. The third kappa shape index (κ3) is 4.45. The molecule has 1 amide bonds. The van der Waals surface area contributed by atoms with Crippen molar-refractivity contribution < 1.29 is 13.2 Å². The number of amides is 1. The van der Waals surface area contributed by atoms with E-state index in [1.165, 1.54) is 22.9 Å². The molecule has 2 fully saturated rings. The predicted molar refractivity (Wildman–Crippen MR) is 101 cm³/mol. The summed E-state index contributed by atoms with van der Waals surface area (Å²) in [6.45, 7) is 0.452. The van der Waals surface area contributed by atoms with E-state index in [0.29, 0.717) is 18.0 Å². The molecule has 0 spiro atoms. The maximum atomic E-state index is 12.8. The fraction of sp³-hybridized carbons (Fsp3) is 0.632. The molecule has 0 radical (unpaired) electrons. The van der Waals surface area contributed by atoms with Crippen LogP contribution in [0, 0.1) is 5.92 Å². The number of hydrogen-bond donors (Lipinski definition) is 2. The first kappa shape index (κ1) is 19.3. The molecule has 6 nitrogen and oxygen atoms in total. The van der Waals surface area contributed by atoms with Crippen LogP contribution in [0.25, 0.3) is 0 Å². The van der Waals surface area contributed by atoms with Gasteiger partial charge in [0.2, 0.25) is 10.0 Å². The largest absolute Gasteiger partial charge is 0.350 e. The van der Waals surface area contributed by atoms with E-state index in [1.807, 2.05) is 0 Å². The van der Waals surface area contributed by atoms with Crippen molar-refractivity contribution in [1.82, 2.24) is 9.62 Å². The molecule has 1 unspecified atom stereocenters. The average molecular weight is 380 g/mol. The minimum Gasteiger partial charge on any atom is -0.350 e. The Balaban J connectivity index is 1.62. The van der Waals surface area contributed by atoms with Gasteiger partial charge in [-0.2, -0.15) is 4.31 Å². The van der Waals surface area contributed by atoms with E-state index in [4.69, 9.17) is 5.73 Å². The van der Waals surface area contributed by atoms with Gasteiger partial charge in [-0.15, -0.1) is 0 Å². The van der Waals surface area contributed by atoms with Crippen LogP contribution in [0.1, 0.15) is 55.3 Å². The summed E-state index contributed by atoms with van der Waals surface area (Å²) in [6.07, 6.45) is 7.43. The summed E-state index contributed by atoms with van der Waals surface area (Å²) in [6, 6.07) is 6.25. The van der Waals surface area contributed by atoms with Gasteiger partial charge >= 0.3 is 0 Å². The fourth-order valence-electron chi connectivity index (χ4n) is 3.59. The Morgan fingerprint density at radius 1 is 1.15 bits per heavy atom. The van der Waals surface area contributed by atoms with E-state index < -0.39 is 10.0 Å². The molecular formula is C19H29N3O3S. The van der Waals surface area contributed by atoms with E-state index in [-0.39, 0.29) is 22.9 Å². The van der Waals surface area contributed by atoms with Crippen molar-refractivity contribution in [2.24, 2.45) is 11.7 Å². The van der Waals surface area contributed by atoms with Crippen LogP contribution >= 0.6 is 0 Å². The van der Waals surface area contributed by atoms with Gasteiger partial charge in [0, 0.05) is 31.2 Å². The lowest BCUT2D eigenvalue weighted by atomic mass is 9.96. The second-order valence-electron chi connectivity index (χ2n) is 7.55. The standard InChI is InChI=1S/C19H29N3O3S/c1-22(16-5-3-2-4-6-16)26(24,25)17-11-9-15(10-12-17)19(23)21-13-18(20)14-7-8-14/h9-12,14,16,18H,2-8,13,20H2,1H3,(H,21,23). The van der Waals surface area contributed by atoms with E-state index >= 15 is 0 Å². The highest BCUT2D eigenvalue weighted by atomic mass is 32.2. The Bertz CT molecular complexity index is 723. The zero-order chi connectivity index (χ0) is 18.7. The maximum Gasteiger partial charge on any atom is 0.251 e. The van der Waals surface area contributed by atoms with Crippen LogP contribution in [0.15, 0.2) is 29.2 Å². The number of carbonyl (C=O) groups excluding carboxylic acids is 1. The molecule has 7 heteroatoms. The Hall–Kier alpha value is -1.44. The number of nitrogens with two attached hydrogens (primary N) is 1. The SMILES string of the molecule is CN(C1CCCCC1)S(=O)(=O)c1ccc(C(=O)NCC(N)C2CC2)cc1. The Morgan fingerprint density at radius 2 is 1.77 bits per heavy atom. The third-order valence-corrected chi connectivity index (χ3v) is 7.53. The average Bonchev–Trinajstić information content (AvgIpc) is 3.51. The second-order valence-corrected chi connectivity index (χ2v) is 9.55. The van der Waals surface area contributed by atoms with Gasteiger partial charge in [0.05, 0.1) is 4.90 Å². The van der Waals surface area contributed by atoms with Crippen molar-refractivity contribution in [1.29, 1.82) is 0 Å². The number of carbonyl (C=O) groups is 1. The summed E-state index contributed by atoms with van der Waals surface area (Å²) < 4.78 is 27.1. The summed E-state index contributed by atoms with van der Waals surface area (Å²) in [4.78, 5) is 12.4. The number of benzene rings is 1. The first-order valence-corrected chi connectivity index (χ1v) is 11.0. The molecule has 2 aliphatic carbocycles. The molecule has 0 saturated heterocycles. The number of nitrogens with one attached hydrogen (secondary N) is 1. The Kier molecular flexibility index (Phi) is 5.99. The summed E-state index contributed by atoms with van der Waals surface area (Å²) in [5.74, 6) is 0.309. The third-order valence-electron chi connectivity index (χ3n) is 5.61. The van der Waals surface area contributed by atoms with Gasteiger partial charge in [-0.3, -0.25) is 4.79 Å². The highest BCUT2D eigenvalue weighted by Crippen LogP contribution is 2.31. The van der Waals surface area contributed by atoms with E-state index in [9.17, 15) is 13.2 Å². The van der Waals surface area contributed by atoms with Gasteiger partial charge in [-0.05, 0) is 55.9 Å². The number of nitrogens with zero attached hydrogens (tertiary/aromatic N) is 1. The molecule has 26 heavy (non-hydrogen) atoms. The molecule has 144 valence electrons. The lowest BCUT2D eigenvalue weighted by Gasteiger charge is -2.30. The Labute approximate surface area is 156 Å². The number of rotatable bonds is 7. The molecule has 2 saturated carbocycles. The molecule has 0 bridgehead atoms. The molecule has 1 atom stereocenters. The zero-order valence-corrected chi connectivity index (χ0v) is 16.2. The zero-order valence-electron chi connectivity index (χ0n) is 15.4. The van der Waals surface area contributed by atoms with Crippen molar-refractivity contribution in [2.75, 3.05) is 13.6 Å². The van der Waals surface area contributed by atoms with Gasteiger partial charge in [-0.1, -0.05) is 19.3 Å². The predicted octanol–water partition coefficient (Wildman–Crippen LogP) is 2.11. The molecule has 0 heterocycles. The minimum atomic E-state index is -3.53. The Morgan fingerprint density at radius 3 is 2.35 bits per heavy atom. The van der Waals surface area contributed by atoms with Crippen LogP contribution in [0.2, 0.25) is 0 Å². The van der Waals surface area contributed by atoms with Gasteiger partial charge in [0.15, 0.2) is 0 Å². The summed E-state index contributed by atoms with van der Waals surface area (Å²) in [5.41, 5.74) is 6.44. The van der Waals surface area contributed by atoms with E-state index in [2.05, 4.69) is 5.32 Å². The molecule has 1 aromatic carbocycles. The normalized spacial score (nSPS) is 20.1. The molecular weight excluding hydrogens is 350 g/mol. The molecule has 3 rings (SSSR count). The van der Waals surface area contributed by atoms with Gasteiger partial charge in [0.25, 0.3) is 5.91 Å². The van der Waals surface area contributed by atoms with Crippen LogP contribution in [0.5, 0.6) is 0 Å². The maximum absolute atomic E-state index is 12.8. The minimum absolute atomic E-state index is 0.00254. The van der Waals surface area contributed by atoms with Crippen molar-refractivity contribution >= 4 is 15.9 Å². The topological polar surface area (TPSA) is 92.5 Å². The van der Waals surface area contributed by atoms with Crippen LogP contribution < -0.4 is 11.1 Å². The smallest absolute Gasteiger partial charge is 0.251 e. The first-order valence-electron chi connectivity index (χ1n) is 9.51. The summed E-state index contributed by atoms with van der Waals surface area (Å²) >= 11 is 0. The first-order chi connectivity index (χ1) is 12.4. The van der Waals surface area contributed by atoms with Crippen molar-refractivity contribution in [3.8, 4) is 0 Å². The van der Waals surface area contributed by atoms with E-state index in [0.717, 1.165) is 38.5 Å². The monoisotopic (exact) mass is 379 g/mol. The quantitative estimate of drug-likeness (QED) is 0.759. The molecule has 3 N–H and O–H groups in total. The van der Waals surface area contributed by atoms with Crippen molar-refractivity contribution in [3.63, 3.8) is 0 Å². The number of sulfonamides is 1. The van der Waals surface area contributed by atoms with Gasteiger partial charge in [0.1, 0.15) is 0 Å². The lowest BCUT2D eigenvalue weighted by molar-refractivity contribution is 0.0950. The van der Waals surface area contributed by atoms with Crippen molar-refractivity contribution in [2.45, 2.75) is 61.9 Å². The van der Waals surface area contributed by atoms with Crippen molar-refractivity contribution in [3.05, 3.63) is 29.8 Å². The number of hydrogen-bond acceptors (Lipinski definition) is 4. The molecule has 0 aliphatic heterocycles. The molecule has 0 aromatic heterocycles. The van der Waals surface area contributed by atoms with Crippen LogP contribution in [0.3, 0.4) is 0 Å². The highest BCUT2D eigenvalue weighted by Gasteiger charge is 2.30. The lowest BCUT2D eigenvalue weighted by Crippen LogP contribution is -2.39. The molecule has 2 aliphatic rings. The summed E-state index contributed by atoms with van der Waals surface area (Å²) in [7, 11) is -1.87. The van der Waals surface area contributed by atoms with Gasteiger partial charge < -0.3 is 11.1 Å². The second kappa shape index (κ2) is 8.06.